The van der Waals surface area contributed by atoms with Gasteiger partial charge in [-0.25, -0.2) is 0 Å². The Morgan fingerprint density at radius 2 is 1.73 bits per heavy atom. The van der Waals surface area contributed by atoms with Gasteiger partial charge in [0.1, 0.15) is 0 Å². The van der Waals surface area contributed by atoms with Crippen molar-refractivity contribution in [3.05, 3.63) is 35.4 Å². The Kier molecular flexibility index (Phi) is 3.55. The van der Waals surface area contributed by atoms with Crippen molar-refractivity contribution in [1.82, 2.24) is 5.32 Å². The monoisotopic (exact) mass is 167 g/mol. The molecule has 60 valence electrons. The summed E-state index contributed by atoms with van der Waals surface area (Å²) in [5.74, 6) is 0. The lowest BCUT2D eigenvalue weighted by Gasteiger charge is -2.00. The van der Waals surface area contributed by atoms with Crippen LogP contribution in [0.3, 0.4) is 0 Å². The molecule has 0 bridgehead atoms. The van der Waals surface area contributed by atoms with Gasteiger partial charge in [0.15, 0.2) is 0 Å². The fourth-order valence-corrected chi connectivity index (χ4v) is 1.27. The Morgan fingerprint density at radius 1 is 1.18 bits per heavy atom. The van der Waals surface area contributed by atoms with Crippen LogP contribution in [0, 0.1) is 0 Å². The molecule has 1 atom stereocenters. The van der Waals surface area contributed by atoms with Gasteiger partial charge in [0, 0.05) is 6.54 Å². The van der Waals surface area contributed by atoms with E-state index in [1.807, 2.05) is 7.05 Å². The first-order valence-electron chi connectivity index (χ1n) is 3.79. The van der Waals surface area contributed by atoms with E-state index in [0.29, 0.717) is 0 Å². The largest absolute Gasteiger partial charge is 0.316 e. The first kappa shape index (κ1) is 8.70. The molecule has 2 heteroatoms. The van der Waals surface area contributed by atoms with Crippen molar-refractivity contribution >= 4 is 9.24 Å². The van der Waals surface area contributed by atoms with Gasteiger partial charge in [0.25, 0.3) is 0 Å². The van der Waals surface area contributed by atoms with Crippen LogP contribution in [0.5, 0.6) is 0 Å². The average molecular weight is 167 g/mol. The molecule has 0 aliphatic rings. The van der Waals surface area contributed by atoms with E-state index in [4.69, 9.17) is 0 Å². The molecule has 0 heterocycles. The van der Waals surface area contributed by atoms with E-state index >= 15 is 0 Å². The van der Waals surface area contributed by atoms with E-state index in [-0.39, 0.29) is 0 Å². The predicted molar refractivity (Wildman–Crippen MR) is 52.6 cm³/mol. The average Bonchev–Trinajstić information content (AvgIpc) is 2.07. The summed E-state index contributed by atoms with van der Waals surface area (Å²) in [6.07, 6.45) is 1.04. The molecule has 1 nitrogen and oxygen atoms in total. The van der Waals surface area contributed by atoms with Crippen LogP contribution in [0.15, 0.2) is 24.3 Å². The third kappa shape index (κ3) is 2.61. The topological polar surface area (TPSA) is 12.0 Å². The fourth-order valence-electron chi connectivity index (χ4n) is 0.997. The van der Waals surface area contributed by atoms with Gasteiger partial charge in [-0.3, -0.25) is 0 Å². The van der Waals surface area contributed by atoms with Gasteiger partial charge in [0.2, 0.25) is 0 Å². The molecule has 0 saturated heterocycles. The maximum atomic E-state index is 3.12. The second-order valence-corrected chi connectivity index (χ2v) is 2.96. The molecule has 1 rings (SSSR count). The summed E-state index contributed by atoms with van der Waals surface area (Å²) >= 11 is 0. The maximum Gasteiger partial charge on any atom is 0.0202 e. The molecular formula is C9H14NP. The predicted octanol–water partition coefficient (Wildman–Crippen LogP) is 1.78. The standard InChI is InChI=1S/C9H14NP/c1-10-6-8-2-4-9(7-11)5-3-8/h2-5,10H,6-7,11H2,1H3. The molecule has 0 spiro atoms. The molecule has 11 heavy (non-hydrogen) atoms. The number of hydrogen-bond donors (Lipinski definition) is 1. The van der Waals surface area contributed by atoms with Crippen LogP contribution in [0.1, 0.15) is 11.1 Å². The van der Waals surface area contributed by atoms with E-state index in [0.717, 1.165) is 12.7 Å². The molecule has 1 aromatic rings. The summed E-state index contributed by atoms with van der Waals surface area (Å²) in [6.45, 7) is 0.955. The normalized spacial score (nSPS) is 10.0. The quantitative estimate of drug-likeness (QED) is 0.676. The van der Waals surface area contributed by atoms with Gasteiger partial charge in [-0.15, -0.1) is 9.24 Å². The number of benzene rings is 1. The highest BCUT2D eigenvalue weighted by Gasteiger charge is 1.90. The number of hydrogen-bond acceptors (Lipinski definition) is 1. The van der Waals surface area contributed by atoms with E-state index in [1.165, 1.54) is 11.1 Å². The van der Waals surface area contributed by atoms with Crippen molar-refractivity contribution in [3.8, 4) is 0 Å². The molecule has 0 fully saturated rings. The van der Waals surface area contributed by atoms with E-state index in [9.17, 15) is 0 Å². The van der Waals surface area contributed by atoms with E-state index in [2.05, 4.69) is 38.8 Å². The molecule has 0 aliphatic heterocycles. The highest BCUT2D eigenvalue weighted by atomic mass is 31.0. The fraction of sp³-hybridized carbons (Fsp3) is 0.333. The molecule has 0 saturated carbocycles. The van der Waals surface area contributed by atoms with Gasteiger partial charge in [-0.2, -0.15) is 0 Å². The van der Waals surface area contributed by atoms with Crippen molar-refractivity contribution in [1.29, 1.82) is 0 Å². The van der Waals surface area contributed by atoms with Crippen molar-refractivity contribution in [2.75, 3.05) is 7.05 Å². The van der Waals surface area contributed by atoms with Gasteiger partial charge >= 0.3 is 0 Å². The number of nitrogens with one attached hydrogen (secondary N) is 1. The van der Waals surface area contributed by atoms with E-state index < -0.39 is 0 Å². The summed E-state index contributed by atoms with van der Waals surface area (Å²) in [5.41, 5.74) is 2.71. The van der Waals surface area contributed by atoms with Crippen LogP contribution >= 0.6 is 9.24 Å². The van der Waals surface area contributed by atoms with Crippen molar-refractivity contribution in [2.45, 2.75) is 12.7 Å². The van der Waals surface area contributed by atoms with Crippen LogP contribution in [-0.4, -0.2) is 7.05 Å². The van der Waals surface area contributed by atoms with Gasteiger partial charge < -0.3 is 5.32 Å². The van der Waals surface area contributed by atoms with Crippen molar-refractivity contribution < 1.29 is 0 Å². The summed E-state index contributed by atoms with van der Waals surface area (Å²) in [7, 11) is 4.68. The molecule has 1 N–H and O–H groups in total. The molecule has 0 aliphatic carbocycles. The Bertz CT molecular complexity index is 205. The van der Waals surface area contributed by atoms with Crippen LogP contribution < -0.4 is 5.32 Å². The smallest absolute Gasteiger partial charge is 0.0202 e. The zero-order valence-electron chi connectivity index (χ0n) is 6.80. The lowest BCUT2D eigenvalue weighted by atomic mass is 10.1. The van der Waals surface area contributed by atoms with Gasteiger partial charge in [0.05, 0.1) is 0 Å². The van der Waals surface area contributed by atoms with Crippen LogP contribution in [0.4, 0.5) is 0 Å². The molecule has 1 unspecified atom stereocenters. The summed E-state index contributed by atoms with van der Waals surface area (Å²) in [6, 6.07) is 8.66. The molecule has 0 amide bonds. The zero-order valence-corrected chi connectivity index (χ0v) is 7.96. The Hall–Kier alpha value is -0.390. The summed E-state index contributed by atoms with van der Waals surface area (Å²) in [4.78, 5) is 0. The SMILES string of the molecule is CNCc1ccc(CP)cc1. The Balaban J connectivity index is 2.66. The van der Waals surface area contributed by atoms with Crippen LogP contribution in [0.25, 0.3) is 0 Å². The summed E-state index contributed by atoms with van der Waals surface area (Å²) in [5, 5.41) is 3.12. The minimum absolute atomic E-state index is 0.955. The molecule has 1 aromatic carbocycles. The molecular weight excluding hydrogens is 153 g/mol. The zero-order chi connectivity index (χ0) is 8.10. The molecule has 0 radical (unpaired) electrons. The second kappa shape index (κ2) is 4.48. The minimum atomic E-state index is 0.955. The summed E-state index contributed by atoms with van der Waals surface area (Å²) < 4.78 is 0. The van der Waals surface area contributed by atoms with Crippen molar-refractivity contribution in [2.24, 2.45) is 0 Å². The maximum absolute atomic E-state index is 3.12. The third-order valence-electron chi connectivity index (χ3n) is 1.64. The first-order valence-corrected chi connectivity index (χ1v) is 4.61. The highest BCUT2D eigenvalue weighted by Crippen LogP contribution is 2.07. The van der Waals surface area contributed by atoms with Gasteiger partial charge in [-0.1, -0.05) is 24.3 Å². The van der Waals surface area contributed by atoms with Crippen LogP contribution in [0.2, 0.25) is 0 Å². The van der Waals surface area contributed by atoms with Crippen molar-refractivity contribution in [3.63, 3.8) is 0 Å². The lowest BCUT2D eigenvalue weighted by molar-refractivity contribution is 0.817. The lowest BCUT2D eigenvalue weighted by Crippen LogP contribution is -2.04. The Labute approximate surface area is 70.4 Å². The third-order valence-corrected chi connectivity index (χ3v) is 2.11. The minimum Gasteiger partial charge on any atom is -0.316 e. The van der Waals surface area contributed by atoms with E-state index in [1.54, 1.807) is 0 Å². The first-order chi connectivity index (χ1) is 5.36. The Morgan fingerprint density at radius 3 is 2.18 bits per heavy atom. The molecule has 0 aromatic heterocycles. The van der Waals surface area contributed by atoms with Crippen LogP contribution in [-0.2, 0) is 12.7 Å². The van der Waals surface area contributed by atoms with Gasteiger partial charge in [-0.05, 0) is 24.3 Å². The number of rotatable bonds is 3. The highest BCUT2D eigenvalue weighted by molar-refractivity contribution is 7.15. The second-order valence-electron chi connectivity index (χ2n) is 2.55.